The van der Waals surface area contributed by atoms with E-state index < -0.39 is 10.0 Å². The zero-order chi connectivity index (χ0) is 25.5. The molecule has 11 heteroatoms. The zero-order valence-electron chi connectivity index (χ0n) is 20.1. The van der Waals surface area contributed by atoms with E-state index in [9.17, 15) is 13.2 Å². The molecule has 186 valence electrons. The van der Waals surface area contributed by atoms with Crippen LogP contribution in [0.2, 0.25) is 0 Å². The van der Waals surface area contributed by atoms with E-state index in [-0.39, 0.29) is 21.3 Å². The lowest BCUT2D eigenvalue weighted by atomic mass is 9.86. The summed E-state index contributed by atoms with van der Waals surface area (Å²) in [4.78, 5) is 13.3. The van der Waals surface area contributed by atoms with Gasteiger partial charge in [-0.05, 0) is 59.4 Å². The molecule has 2 aromatic rings. The van der Waals surface area contributed by atoms with Crippen LogP contribution in [-0.4, -0.2) is 47.2 Å². The topological polar surface area (TPSA) is 106 Å². The molecule has 0 aliphatic rings. The van der Waals surface area contributed by atoms with Crippen LogP contribution >= 0.6 is 24.3 Å². The van der Waals surface area contributed by atoms with Crippen molar-refractivity contribution in [2.45, 2.75) is 42.4 Å². The maximum Gasteiger partial charge on any atom is 0.264 e. The van der Waals surface area contributed by atoms with Gasteiger partial charge in [0, 0.05) is 25.6 Å². The Balaban J connectivity index is 2.20. The first kappa shape index (κ1) is 27.9. The molecule has 0 bridgehead atoms. The summed E-state index contributed by atoms with van der Waals surface area (Å²) in [5.41, 5.74) is 2.09. The van der Waals surface area contributed by atoms with Gasteiger partial charge in [0.2, 0.25) is 0 Å². The second kappa shape index (κ2) is 11.9. The lowest BCUT2D eigenvalue weighted by Crippen LogP contribution is -2.37. The number of rotatable bonds is 9. The van der Waals surface area contributed by atoms with Crippen LogP contribution in [0.1, 0.15) is 42.3 Å². The van der Waals surface area contributed by atoms with Gasteiger partial charge in [-0.1, -0.05) is 32.9 Å². The molecule has 0 spiro atoms. The summed E-state index contributed by atoms with van der Waals surface area (Å²) in [6.45, 7) is 6.53. The summed E-state index contributed by atoms with van der Waals surface area (Å²) >= 11 is 5.88. The lowest BCUT2D eigenvalue weighted by Gasteiger charge is -2.21. The molecule has 0 atom stereocenters. The fourth-order valence-corrected chi connectivity index (χ4v) is 5.37. The molecule has 0 heterocycles. The number of amides is 1. The lowest BCUT2D eigenvalue weighted by molar-refractivity contribution is 0.0951. The monoisotopic (exact) mass is 525 g/mol. The summed E-state index contributed by atoms with van der Waals surface area (Å²) in [5, 5.41) is 5.47. The van der Waals surface area contributed by atoms with Crippen LogP contribution in [-0.2, 0) is 26.0 Å². The molecule has 0 aliphatic heterocycles. The minimum Gasteiger partial charge on any atom is -0.496 e. The van der Waals surface area contributed by atoms with Gasteiger partial charge in [0.15, 0.2) is 5.11 Å². The van der Waals surface area contributed by atoms with Crippen molar-refractivity contribution < 1.29 is 22.1 Å². The van der Waals surface area contributed by atoms with Crippen molar-refractivity contribution in [1.29, 1.82) is 0 Å². The Hall–Kier alpha value is -2.34. The molecule has 0 aliphatic carbocycles. The van der Waals surface area contributed by atoms with Crippen LogP contribution in [0.4, 0.5) is 0 Å². The Morgan fingerprint density at radius 3 is 2.41 bits per heavy atom. The summed E-state index contributed by atoms with van der Waals surface area (Å²) in [6, 6.07) is 10.6. The van der Waals surface area contributed by atoms with Crippen molar-refractivity contribution in [2.75, 3.05) is 27.8 Å². The van der Waals surface area contributed by atoms with E-state index in [0.29, 0.717) is 29.2 Å². The minimum absolute atomic E-state index is 0.0162. The molecule has 0 saturated carbocycles. The predicted octanol–water partition coefficient (Wildman–Crippen LogP) is 3.40. The normalized spacial score (nSPS) is 11.6. The van der Waals surface area contributed by atoms with Gasteiger partial charge in [0.05, 0.1) is 24.7 Å². The Morgan fingerprint density at radius 1 is 1.12 bits per heavy atom. The molecular weight excluding hydrogens is 494 g/mol. The Bertz CT molecular complexity index is 1150. The molecule has 34 heavy (non-hydrogen) atoms. The first-order valence-electron chi connectivity index (χ1n) is 10.5. The third-order valence-corrected chi connectivity index (χ3v) is 7.59. The zero-order valence-corrected chi connectivity index (χ0v) is 22.6. The molecule has 0 fully saturated rings. The second-order valence-electron chi connectivity index (χ2n) is 8.39. The number of nitrogens with one attached hydrogen (secondary N) is 3. The third-order valence-electron chi connectivity index (χ3n) is 4.93. The van der Waals surface area contributed by atoms with Gasteiger partial charge in [-0.2, -0.15) is 0 Å². The molecule has 0 radical (unpaired) electrons. The van der Waals surface area contributed by atoms with Crippen LogP contribution in [0.3, 0.4) is 0 Å². The van der Waals surface area contributed by atoms with Crippen molar-refractivity contribution >= 4 is 45.3 Å². The van der Waals surface area contributed by atoms with E-state index in [1.807, 2.05) is 12.1 Å². The van der Waals surface area contributed by atoms with Gasteiger partial charge in [0.25, 0.3) is 15.9 Å². The fraction of sp³-hybridized carbons (Fsp3) is 0.391. The number of benzene rings is 2. The highest BCUT2D eigenvalue weighted by Crippen LogP contribution is 2.29. The molecule has 3 N–H and O–H groups in total. The summed E-state index contributed by atoms with van der Waals surface area (Å²) in [5.74, 6) is 0.231. The number of carbonyl (C=O) groups excluding carboxylic acids is 1. The van der Waals surface area contributed by atoms with Gasteiger partial charge in [-0.3, -0.25) is 9.52 Å². The van der Waals surface area contributed by atoms with Crippen molar-refractivity contribution in [2.24, 2.45) is 0 Å². The van der Waals surface area contributed by atoms with E-state index in [0.717, 1.165) is 23.2 Å². The number of thiocarbonyl (C=S) groups is 1. The van der Waals surface area contributed by atoms with Gasteiger partial charge >= 0.3 is 0 Å². The number of sulfonamides is 1. The Morgan fingerprint density at radius 2 is 1.82 bits per heavy atom. The Labute approximate surface area is 211 Å². The van der Waals surface area contributed by atoms with Crippen LogP contribution < -0.4 is 20.1 Å². The van der Waals surface area contributed by atoms with Gasteiger partial charge in [0.1, 0.15) is 10.6 Å². The molecule has 8 nitrogen and oxygen atoms in total. The third kappa shape index (κ3) is 7.33. The van der Waals surface area contributed by atoms with Crippen LogP contribution in [0.15, 0.2) is 46.2 Å². The predicted molar refractivity (Wildman–Crippen MR) is 139 cm³/mol. The molecule has 2 rings (SSSR count). The van der Waals surface area contributed by atoms with E-state index in [4.69, 9.17) is 21.1 Å². The van der Waals surface area contributed by atoms with Crippen molar-refractivity contribution in [3.05, 3.63) is 53.1 Å². The molecule has 1 amide bonds. The number of ether oxygens (including phenoxy) is 1. The van der Waals surface area contributed by atoms with E-state index in [2.05, 4.69) is 36.1 Å². The van der Waals surface area contributed by atoms with Crippen LogP contribution in [0, 0.1) is 0 Å². The fourth-order valence-electron chi connectivity index (χ4n) is 3.07. The molecule has 0 saturated heterocycles. The average Bonchev–Trinajstić information content (AvgIpc) is 2.78. The van der Waals surface area contributed by atoms with Gasteiger partial charge in [-0.25, -0.2) is 8.42 Å². The standard InChI is InChI=1S/C23H31N3O5S3/c1-23(2,3)16-8-9-18(30-5)17(14-16)21(27)25-12-11-15-7-10-19(33-31-6)20(13-15)34(28,29)26-22(32)24-4/h7-10,13-14H,11-12H2,1-6H3,(H,25,27)(H2,24,26,32). The highest BCUT2D eigenvalue weighted by molar-refractivity contribution is 7.96. The van der Waals surface area contributed by atoms with Crippen molar-refractivity contribution in [3.8, 4) is 5.75 Å². The highest BCUT2D eigenvalue weighted by atomic mass is 32.2. The molecule has 2 aromatic carbocycles. The Kier molecular flexibility index (Phi) is 9.74. The second-order valence-corrected chi connectivity index (χ2v) is 11.4. The number of methoxy groups -OCH3 is 1. The van der Waals surface area contributed by atoms with Crippen LogP contribution in [0.5, 0.6) is 5.75 Å². The summed E-state index contributed by atoms with van der Waals surface area (Å²) in [6.07, 6.45) is 0.421. The van der Waals surface area contributed by atoms with Gasteiger partial charge in [-0.15, -0.1) is 0 Å². The molecule has 0 unspecified atom stereocenters. The number of carbonyl (C=O) groups is 1. The SMILES string of the molecule is CNC(=S)NS(=O)(=O)c1cc(CCNC(=O)c2cc(C(C)(C)C)ccc2OC)ccc1SOC. The molecule has 0 aromatic heterocycles. The van der Waals surface area contributed by atoms with E-state index >= 15 is 0 Å². The minimum atomic E-state index is -3.92. The number of hydrogen-bond acceptors (Lipinski definition) is 7. The first-order chi connectivity index (χ1) is 15.9. The van der Waals surface area contributed by atoms with Crippen molar-refractivity contribution in [3.63, 3.8) is 0 Å². The summed E-state index contributed by atoms with van der Waals surface area (Å²) < 4.78 is 38.4. The van der Waals surface area contributed by atoms with Crippen molar-refractivity contribution in [1.82, 2.24) is 15.4 Å². The first-order valence-corrected chi connectivity index (χ1v) is 13.1. The van der Waals surface area contributed by atoms with Crippen LogP contribution in [0.25, 0.3) is 0 Å². The van der Waals surface area contributed by atoms with E-state index in [1.165, 1.54) is 21.3 Å². The van der Waals surface area contributed by atoms with Gasteiger partial charge < -0.3 is 19.6 Å². The smallest absolute Gasteiger partial charge is 0.264 e. The number of hydrogen-bond donors (Lipinski definition) is 3. The van der Waals surface area contributed by atoms with E-state index in [1.54, 1.807) is 24.3 Å². The maximum atomic E-state index is 12.9. The molecular formula is C23H31N3O5S3. The largest absolute Gasteiger partial charge is 0.496 e. The average molecular weight is 526 g/mol. The maximum absolute atomic E-state index is 12.9. The summed E-state index contributed by atoms with van der Waals surface area (Å²) in [7, 11) is 0.595. The quantitative estimate of drug-likeness (QED) is 0.338. The highest BCUT2D eigenvalue weighted by Gasteiger charge is 2.22.